The van der Waals surface area contributed by atoms with Crippen molar-refractivity contribution in [3.8, 4) is 5.75 Å². The van der Waals surface area contributed by atoms with E-state index in [2.05, 4.69) is 31.0 Å². The molecule has 0 aliphatic carbocycles. The second-order valence-electron chi connectivity index (χ2n) is 7.43. The number of nitrogens with zero attached hydrogens (tertiary/aromatic N) is 4. The Morgan fingerprint density at radius 2 is 1.64 bits per heavy atom. The van der Waals surface area contributed by atoms with Crippen LogP contribution < -0.4 is 20.7 Å². The normalized spacial score (nSPS) is 11.5. The van der Waals surface area contributed by atoms with Gasteiger partial charge in [0.25, 0.3) is 0 Å². The van der Waals surface area contributed by atoms with Crippen LogP contribution in [-0.4, -0.2) is 32.8 Å². The molecule has 1 atom stereocenters. The summed E-state index contributed by atoms with van der Waals surface area (Å²) in [6.45, 7) is 3.70. The minimum Gasteiger partial charge on any atom is -0.497 e. The van der Waals surface area contributed by atoms with Gasteiger partial charge >= 0.3 is 0 Å². The van der Waals surface area contributed by atoms with Gasteiger partial charge in [-0.1, -0.05) is 0 Å². The van der Waals surface area contributed by atoms with Gasteiger partial charge in [-0.25, -0.2) is 4.98 Å². The van der Waals surface area contributed by atoms with Crippen molar-refractivity contribution in [2.45, 2.75) is 19.9 Å². The molecule has 1 amide bonds. The van der Waals surface area contributed by atoms with Gasteiger partial charge in [-0.05, 0) is 68.4 Å². The van der Waals surface area contributed by atoms with Crippen molar-refractivity contribution >= 4 is 34.7 Å². The number of benzene rings is 2. The fourth-order valence-corrected chi connectivity index (χ4v) is 3.15. The van der Waals surface area contributed by atoms with E-state index in [1.807, 2.05) is 61.5 Å². The van der Waals surface area contributed by atoms with Crippen LogP contribution in [0.5, 0.6) is 5.75 Å². The minimum absolute atomic E-state index is 0.143. The highest BCUT2D eigenvalue weighted by atomic mass is 16.5. The van der Waals surface area contributed by atoms with E-state index in [4.69, 9.17) is 4.74 Å². The third kappa shape index (κ3) is 5.65. The Morgan fingerprint density at radius 1 is 0.970 bits per heavy atom. The summed E-state index contributed by atoms with van der Waals surface area (Å²) >= 11 is 0. The molecular weight excluding hydrogens is 418 g/mol. The molecule has 0 spiro atoms. The summed E-state index contributed by atoms with van der Waals surface area (Å²) in [7, 11) is 1.64. The molecule has 0 unspecified atom stereocenters. The number of hydrogen-bond acceptors (Lipinski definition) is 7. The van der Waals surface area contributed by atoms with Crippen LogP contribution in [0, 0.1) is 6.92 Å². The van der Waals surface area contributed by atoms with Crippen LogP contribution in [0.25, 0.3) is 0 Å². The van der Waals surface area contributed by atoms with Gasteiger partial charge in [-0.15, -0.1) is 0 Å². The third-order valence-corrected chi connectivity index (χ3v) is 4.93. The van der Waals surface area contributed by atoms with Crippen LogP contribution in [0.3, 0.4) is 0 Å². The molecule has 33 heavy (non-hydrogen) atoms. The molecule has 168 valence electrons. The van der Waals surface area contributed by atoms with Crippen molar-refractivity contribution < 1.29 is 9.53 Å². The number of anilines is 5. The molecule has 0 fully saturated rings. The molecule has 0 saturated heterocycles. The first-order valence-electron chi connectivity index (χ1n) is 10.4. The topological polar surface area (TPSA) is 106 Å². The average Bonchev–Trinajstić information content (AvgIpc) is 3.35. The number of carbonyl (C=O) groups excluding carboxylic acids is 1. The highest BCUT2D eigenvalue weighted by Crippen LogP contribution is 2.22. The molecule has 0 radical (unpaired) electrons. The maximum Gasteiger partial charge on any atom is 0.248 e. The zero-order valence-corrected chi connectivity index (χ0v) is 18.6. The minimum atomic E-state index is -0.407. The molecule has 3 N–H and O–H groups in total. The van der Waals surface area contributed by atoms with Crippen LogP contribution in [0.4, 0.5) is 28.8 Å². The van der Waals surface area contributed by atoms with Crippen molar-refractivity contribution in [3.63, 3.8) is 0 Å². The summed E-state index contributed by atoms with van der Waals surface area (Å²) in [5, 5.41) is 13.5. The Hall–Kier alpha value is -4.40. The first-order valence-corrected chi connectivity index (χ1v) is 10.4. The summed E-state index contributed by atoms with van der Waals surface area (Å²) in [5.74, 6) is 1.79. The highest BCUT2D eigenvalue weighted by Gasteiger charge is 2.15. The fraction of sp³-hybridized carbons (Fsp3) is 0.167. The number of hydrogen-bond donors (Lipinski definition) is 3. The smallest absolute Gasteiger partial charge is 0.248 e. The molecule has 9 nitrogen and oxygen atoms in total. The number of ether oxygens (including phenoxy) is 1. The van der Waals surface area contributed by atoms with Gasteiger partial charge in [0.2, 0.25) is 11.9 Å². The average molecular weight is 444 g/mol. The summed E-state index contributed by atoms with van der Waals surface area (Å²) < 4.78 is 6.80. The number of aryl methyl sites for hydroxylation is 1. The number of methoxy groups -OCH3 is 1. The fourth-order valence-electron chi connectivity index (χ4n) is 3.15. The molecule has 4 rings (SSSR count). The lowest BCUT2D eigenvalue weighted by Crippen LogP contribution is -2.23. The largest absolute Gasteiger partial charge is 0.497 e. The van der Waals surface area contributed by atoms with Crippen LogP contribution >= 0.6 is 0 Å². The van der Waals surface area contributed by atoms with Gasteiger partial charge in [0.15, 0.2) is 0 Å². The maximum atomic E-state index is 12.4. The Balaban J connectivity index is 1.40. The van der Waals surface area contributed by atoms with E-state index >= 15 is 0 Å². The first-order chi connectivity index (χ1) is 16.0. The molecule has 0 aliphatic rings. The second-order valence-corrected chi connectivity index (χ2v) is 7.43. The number of rotatable bonds is 8. The van der Waals surface area contributed by atoms with Gasteiger partial charge < -0.3 is 20.7 Å². The molecule has 2 aromatic carbocycles. The van der Waals surface area contributed by atoms with Gasteiger partial charge in [-0.3, -0.25) is 9.48 Å². The number of aromatic nitrogens is 4. The van der Waals surface area contributed by atoms with Gasteiger partial charge in [0, 0.05) is 41.2 Å². The van der Waals surface area contributed by atoms with E-state index in [9.17, 15) is 4.79 Å². The summed E-state index contributed by atoms with van der Waals surface area (Å²) in [6.07, 6.45) is 3.41. The van der Waals surface area contributed by atoms with Crippen LogP contribution in [0.15, 0.2) is 73.1 Å². The van der Waals surface area contributed by atoms with Gasteiger partial charge in [-0.2, -0.15) is 10.1 Å². The summed E-state index contributed by atoms with van der Waals surface area (Å²) in [4.78, 5) is 21.4. The van der Waals surface area contributed by atoms with E-state index in [-0.39, 0.29) is 5.91 Å². The predicted molar refractivity (Wildman–Crippen MR) is 128 cm³/mol. The quantitative estimate of drug-likeness (QED) is 0.363. The molecule has 0 bridgehead atoms. The summed E-state index contributed by atoms with van der Waals surface area (Å²) in [5.41, 5.74) is 3.20. The molecule has 2 aromatic heterocycles. The van der Waals surface area contributed by atoms with E-state index in [0.717, 1.165) is 22.8 Å². The number of amides is 1. The molecule has 0 aliphatic heterocycles. The van der Waals surface area contributed by atoms with Crippen LogP contribution in [-0.2, 0) is 4.79 Å². The lowest BCUT2D eigenvalue weighted by Gasteiger charge is -2.13. The molecule has 4 aromatic rings. The maximum absolute atomic E-state index is 12.4. The summed E-state index contributed by atoms with van der Waals surface area (Å²) in [6, 6.07) is 18.2. The van der Waals surface area contributed by atoms with E-state index in [1.54, 1.807) is 37.2 Å². The number of carbonyl (C=O) groups is 1. The van der Waals surface area contributed by atoms with Crippen LogP contribution in [0.1, 0.15) is 18.7 Å². The van der Waals surface area contributed by atoms with E-state index in [0.29, 0.717) is 17.5 Å². The van der Waals surface area contributed by atoms with Crippen LogP contribution in [0.2, 0.25) is 0 Å². The second kappa shape index (κ2) is 9.82. The molecular formula is C24H25N7O2. The number of nitrogens with one attached hydrogen (secondary N) is 3. The Labute approximate surface area is 191 Å². The Morgan fingerprint density at radius 3 is 2.30 bits per heavy atom. The van der Waals surface area contributed by atoms with Crippen molar-refractivity contribution in [1.29, 1.82) is 0 Å². The lowest BCUT2D eigenvalue weighted by molar-refractivity contribution is -0.119. The monoisotopic (exact) mass is 443 g/mol. The van der Waals surface area contributed by atoms with Crippen molar-refractivity contribution in [2.75, 3.05) is 23.1 Å². The van der Waals surface area contributed by atoms with Gasteiger partial charge in [0.05, 0.1) is 7.11 Å². The standard InChI is InChI=1S/C24H25N7O2/c1-16-15-22(27-18-9-11-21(33-3)12-10-18)30-24(26-16)29-20-7-5-19(6-8-20)28-23(32)17(2)31-14-4-13-25-31/h4-15,17H,1-3H3,(H,28,32)(H2,26,27,29,30)/t17-/m0/s1. The van der Waals surface area contributed by atoms with Crippen molar-refractivity contribution in [2.24, 2.45) is 0 Å². The molecule has 2 heterocycles. The molecule has 9 heteroatoms. The zero-order chi connectivity index (χ0) is 23.2. The Kier molecular flexibility index (Phi) is 6.49. The van der Waals surface area contributed by atoms with Crippen molar-refractivity contribution in [3.05, 3.63) is 78.8 Å². The third-order valence-electron chi connectivity index (χ3n) is 4.93. The first kappa shape index (κ1) is 21.8. The van der Waals surface area contributed by atoms with Crippen molar-refractivity contribution in [1.82, 2.24) is 19.7 Å². The highest BCUT2D eigenvalue weighted by molar-refractivity contribution is 5.93. The Bertz CT molecular complexity index is 1210. The SMILES string of the molecule is COc1ccc(Nc2cc(C)nc(Nc3ccc(NC(=O)[C@H](C)n4cccn4)cc3)n2)cc1. The zero-order valence-electron chi connectivity index (χ0n) is 18.6. The molecule has 0 saturated carbocycles. The van der Waals surface area contributed by atoms with Gasteiger partial charge in [0.1, 0.15) is 17.6 Å². The predicted octanol–water partition coefficient (Wildman–Crippen LogP) is 4.68. The van der Waals surface area contributed by atoms with E-state index in [1.165, 1.54) is 0 Å². The van der Waals surface area contributed by atoms with E-state index < -0.39 is 6.04 Å². The lowest BCUT2D eigenvalue weighted by atomic mass is 10.2.